The maximum Gasteiger partial charge on any atom is 0.307 e. The molecule has 0 spiro atoms. The topological polar surface area (TPSA) is 59.0 Å². The standard InChI is InChI=1S/C23H26FNO4/c1-2-15-4-3-5-21(24)20(15)14-28-19-7-6-16-10-18(13-29-22(16)11-19)25-9-8-17(12-25)23(26)27/h3-7,11,17-18H,2,8-10,12-14H2,1H3,(H,26,27). The van der Waals surface area contributed by atoms with Crippen molar-refractivity contribution >= 4 is 5.97 Å². The van der Waals surface area contributed by atoms with Gasteiger partial charge in [0.2, 0.25) is 0 Å². The molecule has 1 saturated heterocycles. The summed E-state index contributed by atoms with van der Waals surface area (Å²) in [5.74, 6) is 0.203. The summed E-state index contributed by atoms with van der Waals surface area (Å²) in [4.78, 5) is 13.4. The van der Waals surface area contributed by atoms with E-state index in [1.807, 2.05) is 31.2 Å². The number of hydrogen-bond donors (Lipinski definition) is 1. The first kappa shape index (κ1) is 19.7. The Labute approximate surface area is 170 Å². The Balaban J connectivity index is 1.40. The zero-order chi connectivity index (χ0) is 20.4. The summed E-state index contributed by atoms with van der Waals surface area (Å²) in [5, 5.41) is 9.21. The van der Waals surface area contributed by atoms with Gasteiger partial charge in [-0.15, -0.1) is 0 Å². The number of hydrogen-bond acceptors (Lipinski definition) is 4. The second-order valence-electron chi connectivity index (χ2n) is 7.78. The van der Waals surface area contributed by atoms with Gasteiger partial charge in [-0.3, -0.25) is 9.69 Å². The van der Waals surface area contributed by atoms with E-state index in [4.69, 9.17) is 9.47 Å². The number of carboxylic acid groups (broad SMARTS) is 1. The van der Waals surface area contributed by atoms with Crippen molar-refractivity contribution in [3.63, 3.8) is 0 Å². The molecule has 29 heavy (non-hydrogen) atoms. The van der Waals surface area contributed by atoms with E-state index in [0.717, 1.165) is 36.3 Å². The van der Waals surface area contributed by atoms with Crippen molar-refractivity contribution in [1.82, 2.24) is 4.90 Å². The van der Waals surface area contributed by atoms with Gasteiger partial charge in [0.1, 0.15) is 30.5 Å². The highest BCUT2D eigenvalue weighted by Crippen LogP contribution is 2.32. The molecule has 2 atom stereocenters. The zero-order valence-electron chi connectivity index (χ0n) is 16.6. The molecule has 0 aromatic heterocycles. The number of fused-ring (bicyclic) bond motifs is 1. The second kappa shape index (κ2) is 8.41. The Hall–Kier alpha value is -2.60. The maximum atomic E-state index is 14.1. The zero-order valence-corrected chi connectivity index (χ0v) is 16.6. The van der Waals surface area contributed by atoms with Crippen LogP contribution in [0.25, 0.3) is 0 Å². The highest BCUT2D eigenvalue weighted by atomic mass is 19.1. The number of carboxylic acids is 1. The largest absolute Gasteiger partial charge is 0.492 e. The van der Waals surface area contributed by atoms with Gasteiger partial charge in [0, 0.05) is 24.2 Å². The summed E-state index contributed by atoms with van der Waals surface area (Å²) in [7, 11) is 0. The number of aliphatic carboxylic acids is 1. The third-order valence-electron chi connectivity index (χ3n) is 5.99. The molecular formula is C23H26FNO4. The molecule has 2 aliphatic rings. The smallest absolute Gasteiger partial charge is 0.307 e. The number of ether oxygens (including phenoxy) is 2. The van der Waals surface area contributed by atoms with Crippen molar-refractivity contribution in [3.05, 3.63) is 58.9 Å². The lowest BCUT2D eigenvalue weighted by Crippen LogP contribution is -2.42. The molecule has 5 nitrogen and oxygen atoms in total. The molecule has 6 heteroatoms. The quantitative estimate of drug-likeness (QED) is 0.803. The van der Waals surface area contributed by atoms with Gasteiger partial charge in [0.25, 0.3) is 0 Å². The first-order chi connectivity index (χ1) is 14.0. The number of aryl methyl sites for hydroxylation is 1. The Morgan fingerprint density at radius 1 is 1.34 bits per heavy atom. The Morgan fingerprint density at radius 3 is 2.97 bits per heavy atom. The van der Waals surface area contributed by atoms with E-state index in [9.17, 15) is 14.3 Å². The van der Waals surface area contributed by atoms with Crippen LogP contribution in [0.3, 0.4) is 0 Å². The van der Waals surface area contributed by atoms with Gasteiger partial charge in [-0.25, -0.2) is 4.39 Å². The number of carbonyl (C=O) groups is 1. The molecule has 0 aliphatic carbocycles. The minimum absolute atomic E-state index is 0.182. The van der Waals surface area contributed by atoms with E-state index in [-0.39, 0.29) is 24.4 Å². The fourth-order valence-corrected chi connectivity index (χ4v) is 4.23. The van der Waals surface area contributed by atoms with Gasteiger partial charge in [-0.2, -0.15) is 0 Å². The molecule has 2 unspecified atom stereocenters. The summed E-state index contributed by atoms with van der Waals surface area (Å²) in [6, 6.07) is 11.0. The highest BCUT2D eigenvalue weighted by molar-refractivity contribution is 5.70. The number of nitrogens with zero attached hydrogens (tertiary/aromatic N) is 1. The Kier molecular flexibility index (Phi) is 5.72. The normalized spacial score (nSPS) is 21.4. The van der Waals surface area contributed by atoms with Crippen molar-refractivity contribution in [1.29, 1.82) is 0 Å². The van der Waals surface area contributed by atoms with Crippen LogP contribution in [0.1, 0.15) is 30.0 Å². The Morgan fingerprint density at radius 2 is 2.21 bits per heavy atom. The fraction of sp³-hybridized carbons (Fsp3) is 0.435. The van der Waals surface area contributed by atoms with Crippen molar-refractivity contribution in [3.8, 4) is 11.5 Å². The van der Waals surface area contributed by atoms with Crippen molar-refractivity contribution in [2.75, 3.05) is 19.7 Å². The molecule has 0 saturated carbocycles. The van der Waals surface area contributed by atoms with Crippen LogP contribution < -0.4 is 9.47 Å². The lowest BCUT2D eigenvalue weighted by molar-refractivity contribution is -0.141. The van der Waals surface area contributed by atoms with E-state index in [0.29, 0.717) is 30.9 Å². The average Bonchev–Trinajstić information content (AvgIpc) is 3.23. The first-order valence-electron chi connectivity index (χ1n) is 10.2. The predicted molar refractivity (Wildman–Crippen MR) is 107 cm³/mol. The average molecular weight is 399 g/mol. The van der Waals surface area contributed by atoms with Crippen LogP contribution in [0, 0.1) is 11.7 Å². The summed E-state index contributed by atoms with van der Waals surface area (Å²) < 4.78 is 26.0. The van der Waals surface area contributed by atoms with Crippen LogP contribution in [-0.2, 0) is 24.2 Å². The summed E-state index contributed by atoms with van der Waals surface area (Å²) in [5.41, 5.74) is 2.63. The molecule has 2 aromatic carbocycles. The second-order valence-corrected chi connectivity index (χ2v) is 7.78. The van der Waals surface area contributed by atoms with Crippen molar-refractivity contribution in [2.24, 2.45) is 5.92 Å². The third-order valence-corrected chi connectivity index (χ3v) is 5.99. The van der Waals surface area contributed by atoms with Crippen molar-refractivity contribution < 1.29 is 23.8 Å². The number of halogens is 1. The molecule has 2 heterocycles. The fourth-order valence-electron chi connectivity index (χ4n) is 4.23. The summed E-state index contributed by atoms with van der Waals surface area (Å²) in [6.45, 7) is 4.10. The Bertz CT molecular complexity index is 900. The number of benzene rings is 2. The molecular weight excluding hydrogens is 373 g/mol. The molecule has 2 aromatic rings. The van der Waals surface area contributed by atoms with E-state index < -0.39 is 5.97 Å². The maximum absolute atomic E-state index is 14.1. The lowest BCUT2D eigenvalue weighted by Gasteiger charge is -2.32. The van der Waals surface area contributed by atoms with Crippen LogP contribution in [0.4, 0.5) is 4.39 Å². The summed E-state index contributed by atoms with van der Waals surface area (Å²) >= 11 is 0. The van der Waals surface area contributed by atoms with E-state index >= 15 is 0 Å². The summed E-state index contributed by atoms with van der Waals surface area (Å²) in [6.07, 6.45) is 2.28. The van der Waals surface area contributed by atoms with Gasteiger partial charge in [-0.05, 0) is 49.1 Å². The van der Waals surface area contributed by atoms with Crippen molar-refractivity contribution in [2.45, 2.75) is 38.8 Å². The molecule has 1 fully saturated rings. The molecule has 2 aliphatic heterocycles. The third kappa shape index (κ3) is 4.22. The molecule has 0 radical (unpaired) electrons. The van der Waals surface area contributed by atoms with Gasteiger partial charge in [0.05, 0.1) is 5.92 Å². The van der Waals surface area contributed by atoms with E-state index in [2.05, 4.69) is 4.90 Å². The predicted octanol–water partition coefficient (Wildman–Crippen LogP) is 3.68. The van der Waals surface area contributed by atoms with Gasteiger partial charge in [0.15, 0.2) is 0 Å². The molecule has 1 N–H and O–H groups in total. The van der Waals surface area contributed by atoms with Crippen LogP contribution >= 0.6 is 0 Å². The molecule has 154 valence electrons. The molecule has 0 amide bonds. The number of likely N-dealkylation sites (tertiary alicyclic amines) is 1. The minimum atomic E-state index is -0.715. The van der Waals surface area contributed by atoms with Gasteiger partial charge < -0.3 is 14.6 Å². The van der Waals surface area contributed by atoms with E-state index in [1.165, 1.54) is 6.07 Å². The highest BCUT2D eigenvalue weighted by Gasteiger charge is 2.34. The van der Waals surface area contributed by atoms with Crippen LogP contribution in [0.2, 0.25) is 0 Å². The van der Waals surface area contributed by atoms with Crippen LogP contribution in [-0.4, -0.2) is 41.7 Å². The van der Waals surface area contributed by atoms with Gasteiger partial charge >= 0.3 is 5.97 Å². The SMILES string of the molecule is CCc1cccc(F)c1COc1ccc2c(c1)OCC(N1CCC(C(=O)O)C1)C2. The number of rotatable bonds is 6. The monoisotopic (exact) mass is 399 g/mol. The van der Waals surface area contributed by atoms with Crippen LogP contribution in [0.5, 0.6) is 11.5 Å². The van der Waals surface area contributed by atoms with Gasteiger partial charge in [-0.1, -0.05) is 25.1 Å². The van der Waals surface area contributed by atoms with Crippen LogP contribution in [0.15, 0.2) is 36.4 Å². The minimum Gasteiger partial charge on any atom is -0.492 e. The lowest BCUT2D eigenvalue weighted by atomic mass is 10.0. The molecule has 0 bridgehead atoms. The first-order valence-corrected chi connectivity index (χ1v) is 10.2. The molecule has 4 rings (SSSR count). The van der Waals surface area contributed by atoms with E-state index in [1.54, 1.807) is 6.07 Å².